The minimum atomic E-state index is -1.43. The zero-order valence-electron chi connectivity index (χ0n) is 22.4. The van der Waals surface area contributed by atoms with Crippen molar-refractivity contribution in [3.05, 3.63) is 40.8 Å². The standard InChI is InChI=1S/C10H22FN.C7H8O2.C6H10.C4H10N2O/c1-4-6-7-10(11,12)8-9(3)5-2;1-9-7-4-2-6(8)3-5-7;1-2-6-4-3-5-6;1-4(2-5)3-6-7/h9H,4-8,12H2,1-3H3;2-5,8H,1H3;2H,3-5H2,1H3;4H,2-3,5H2,1H3. The zero-order valence-corrected chi connectivity index (χ0v) is 22.4. The van der Waals surface area contributed by atoms with Crippen LogP contribution in [0, 0.1) is 16.7 Å². The Kier molecular flexibility index (Phi) is 21.7. The van der Waals surface area contributed by atoms with E-state index in [9.17, 15) is 9.30 Å². The summed E-state index contributed by atoms with van der Waals surface area (Å²) in [6.45, 7) is 11.1. The van der Waals surface area contributed by atoms with Gasteiger partial charge in [0.1, 0.15) is 11.5 Å². The van der Waals surface area contributed by atoms with E-state index in [0.717, 1.165) is 25.0 Å². The predicted octanol–water partition coefficient (Wildman–Crippen LogP) is 7.10. The second kappa shape index (κ2) is 21.5. The molecule has 7 heteroatoms. The fourth-order valence-electron chi connectivity index (χ4n) is 2.75. The van der Waals surface area contributed by atoms with Gasteiger partial charge in [-0.25, -0.2) is 4.39 Å². The molecule has 0 heterocycles. The number of phenols is 1. The number of nitrogens with two attached hydrogens (primary N) is 2. The summed E-state index contributed by atoms with van der Waals surface area (Å²) in [7, 11) is 1.59. The Bertz CT molecular complexity index is 631. The summed E-state index contributed by atoms with van der Waals surface area (Å²) in [5.41, 5.74) is 12.3. The first kappa shape index (κ1) is 34.2. The van der Waals surface area contributed by atoms with E-state index >= 15 is 0 Å². The van der Waals surface area contributed by atoms with E-state index < -0.39 is 5.79 Å². The van der Waals surface area contributed by atoms with Crippen molar-refractivity contribution >= 4 is 0 Å². The number of unbranched alkanes of at least 4 members (excludes halogenated alkanes) is 1. The molecule has 0 spiro atoms. The van der Waals surface area contributed by atoms with Crippen LogP contribution in [-0.2, 0) is 0 Å². The first-order valence-corrected chi connectivity index (χ1v) is 12.5. The van der Waals surface area contributed by atoms with E-state index in [2.05, 4.69) is 32.0 Å². The number of ether oxygens (including phenoxy) is 1. The Morgan fingerprint density at radius 1 is 1.21 bits per heavy atom. The van der Waals surface area contributed by atoms with Crippen LogP contribution in [-0.4, -0.2) is 31.1 Å². The maximum Gasteiger partial charge on any atom is 0.159 e. The van der Waals surface area contributed by atoms with Gasteiger partial charge in [-0.15, -0.1) is 0 Å². The van der Waals surface area contributed by atoms with E-state index in [4.69, 9.17) is 21.3 Å². The molecule has 0 amide bonds. The highest BCUT2D eigenvalue weighted by Crippen LogP contribution is 2.24. The monoisotopic (exact) mass is 483 g/mol. The van der Waals surface area contributed by atoms with Crippen molar-refractivity contribution < 1.29 is 14.2 Å². The Balaban J connectivity index is 0. The number of rotatable bonds is 10. The van der Waals surface area contributed by atoms with Gasteiger partial charge in [-0.2, -0.15) is 4.91 Å². The van der Waals surface area contributed by atoms with Crippen LogP contribution in [0.1, 0.15) is 86.0 Å². The molecule has 1 aromatic rings. The third-order valence-corrected chi connectivity index (χ3v) is 5.60. The van der Waals surface area contributed by atoms with Gasteiger partial charge in [0.15, 0.2) is 5.79 Å². The number of phenolic OH excluding ortho intramolecular Hbond substituents is 1. The van der Waals surface area contributed by atoms with Crippen LogP contribution in [0.5, 0.6) is 11.5 Å². The van der Waals surface area contributed by atoms with Crippen LogP contribution in [0.4, 0.5) is 4.39 Å². The van der Waals surface area contributed by atoms with Crippen LogP contribution >= 0.6 is 0 Å². The summed E-state index contributed by atoms with van der Waals surface area (Å²) in [6, 6.07) is 6.57. The van der Waals surface area contributed by atoms with Crippen LogP contribution in [0.15, 0.2) is 41.1 Å². The highest BCUT2D eigenvalue weighted by Gasteiger charge is 2.24. The zero-order chi connectivity index (χ0) is 26.4. The van der Waals surface area contributed by atoms with Gasteiger partial charge in [0.2, 0.25) is 0 Å². The Labute approximate surface area is 207 Å². The number of nitroso groups, excluding NO2 is 1. The summed E-state index contributed by atoms with van der Waals surface area (Å²) in [4.78, 5) is 9.47. The van der Waals surface area contributed by atoms with Gasteiger partial charge < -0.3 is 15.6 Å². The van der Waals surface area contributed by atoms with E-state index in [1.807, 2.05) is 13.8 Å². The summed E-state index contributed by atoms with van der Waals surface area (Å²) in [5.74, 6) is 0.240. The molecule has 1 aliphatic carbocycles. The van der Waals surface area contributed by atoms with E-state index in [1.54, 1.807) is 36.9 Å². The molecule has 5 N–H and O–H groups in total. The van der Waals surface area contributed by atoms with Gasteiger partial charge in [-0.05, 0) is 88.1 Å². The average Bonchev–Trinajstić information content (AvgIpc) is 2.78. The van der Waals surface area contributed by atoms with Gasteiger partial charge >= 0.3 is 0 Å². The third-order valence-electron chi connectivity index (χ3n) is 5.60. The summed E-state index contributed by atoms with van der Waals surface area (Å²) >= 11 is 0. The molecule has 0 radical (unpaired) electrons. The molecule has 3 atom stereocenters. The number of hydrogen-bond acceptors (Lipinski definition) is 6. The van der Waals surface area contributed by atoms with Crippen LogP contribution < -0.4 is 16.2 Å². The summed E-state index contributed by atoms with van der Waals surface area (Å²) in [6.07, 6.45) is 10.3. The highest BCUT2D eigenvalue weighted by atomic mass is 19.1. The van der Waals surface area contributed by atoms with Crippen molar-refractivity contribution in [2.45, 2.75) is 91.8 Å². The van der Waals surface area contributed by atoms with Gasteiger partial charge in [0, 0.05) is 0 Å². The van der Waals surface area contributed by atoms with Crippen molar-refractivity contribution in [2.75, 3.05) is 20.2 Å². The van der Waals surface area contributed by atoms with Crippen LogP contribution in [0.3, 0.4) is 0 Å². The molecule has 3 unspecified atom stereocenters. The Morgan fingerprint density at radius 2 is 1.79 bits per heavy atom. The molecular weight excluding hydrogens is 433 g/mol. The fraction of sp³-hybridized carbons (Fsp3) is 0.704. The number of benzene rings is 1. The first-order chi connectivity index (χ1) is 16.1. The molecule has 34 heavy (non-hydrogen) atoms. The van der Waals surface area contributed by atoms with Crippen molar-refractivity contribution in [1.29, 1.82) is 0 Å². The lowest BCUT2D eigenvalue weighted by atomic mass is 9.93. The third kappa shape index (κ3) is 20.6. The molecule has 6 nitrogen and oxygen atoms in total. The van der Waals surface area contributed by atoms with Crippen molar-refractivity contribution in [1.82, 2.24) is 0 Å². The molecule has 1 saturated carbocycles. The van der Waals surface area contributed by atoms with E-state index in [0.29, 0.717) is 31.8 Å². The highest BCUT2D eigenvalue weighted by molar-refractivity contribution is 5.29. The lowest BCUT2D eigenvalue weighted by molar-refractivity contribution is 0.118. The number of nitrogens with zero attached hydrogens (tertiary/aromatic N) is 1. The normalized spacial score (nSPS) is 15.3. The number of halogens is 1. The SMILES string of the molecule is CC(CN)CN=O.CC=C1CCC1.CCCCC(N)(F)CC(C)CC.COc1ccc(O)cc1. The number of allylic oxidation sites excluding steroid dienone is 2. The number of alkyl halides is 1. The second-order valence-electron chi connectivity index (χ2n) is 9.01. The lowest BCUT2D eigenvalue weighted by Gasteiger charge is -2.23. The number of aromatic hydroxyl groups is 1. The molecule has 198 valence electrons. The smallest absolute Gasteiger partial charge is 0.159 e. The van der Waals surface area contributed by atoms with Gasteiger partial charge in [0.05, 0.1) is 13.7 Å². The van der Waals surface area contributed by atoms with E-state index in [-0.39, 0.29) is 11.7 Å². The quantitative estimate of drug-likeness (QED) is 0.187. The van der Waals surface area contributed by atoms with Crippen LogP contribution in [0.25, 0.3) is 0 Å². The fourth-order valence-corrected chi connectivity index (χ4v) is 2.75. The van der Waals surface area contributed by atoms with Gasteiger partial charge in [-0.1, -0.05) is 57.4 Å². The van der Waals surface area contributed by atoms with Gasteiger partial charge in [-0.3, -0.25) is 5.73 Å². The Morgan fingerprint density at radius 3 is 2.09 bits per heavy atom. The largest absolute Gasteiger partial charge is 0.508 e. The molecule has 1 fully saturated rings. The van der Waals surface area contributed by atoms with Crippen molar-refractivity contribution in [3.8, 4) is 11.5 Å². The minimum absolute atomic E-state index is 0.248. The predicted molar refractivity (Wildman–Crippen MR) is 143 cm³/mol. The number of hydrogen-bond donors (Lipinski definition) is 3. The first-order valence-electron chi connectivity index (χ1n) is 12.5. The second-order valence-corrected chi connectivity index (χ2v) is 9.01. The summed E-state index contributed by atoms with van der Waals surface area (Å²) in [5, 5.41) is 11.5. The molecular formula is C27H50FN3O3. The topological polar surface area (TPSA) is 111 Å². The minimum Gasteiger partial charge on any atom is -0.508 e. The average molecular weight is 484 g/mol. The molecule has 0 saturated heterocycles. The lowest BCUT2D eigenvalue weighted by Crippen LogP contribution is -2.36. The van der Waals surface area contributed by atoms with Crippen molar-refractivity contribution in [2.24, 2.45) is 28.5 Å². The molecule has 1 aromatic carbocycles. The van der Waals surface area contributed by atoms with Crippen molar-refractivity contribution in [3.63, 3.8) is 0 Å². The van der Waals surface area contributed by atoms with E-state index in [1.165, 1.54) is 19.3 Å². The Hall–Kier alpha value is -1.99. The van der Waals surface area contributed by atoms with Gasteiger partial charge in [0.25, 0.3) is 0 Å². The molecule has 1 aliphatic rings. The molecule has 0 aliphatic heterocycles. The summed E-state index contributed by atoms with van der Waals surface area (Å²) < 4.78 is 18.4. The van der Waals surface area contributed by atoms with Crippen LogP contribution in [0.2, 0.25) is 0 Å². The maximum absolute atomic E-state index is 13.5. The molecule has 0 bridgehead atoms. The molecule has 0 aromatic heterocycles. The molecule has 2 rings (SSSR count). The number of methoxy groups -OCH3 is 1. The maximum atomic E-state index is 13.5.